The third-order valence-corrected chi connectivity index (χ3v) is 4.23. The second kappa shape index (κ2) is 7.14. The van der Waals surface area contributed by atoms with Crippen molar-refractivity contribution in [1.29, 1.82) is 0 Å². The molecule has 124 valence electrons. The van der Waals surface area contributed by atoms with Gasteiger partial charge in [0, 0.05) is 11.8 Å². The fourth-order valence-corrected chi connectivity index (χ4v) is 2.93. The van der Waals surface area contributed by atoms with E-state index in [0.29, 0.717) is 5.56 Å². The van der Waals surface area contributed by atoms with Gasteiger partial charge in [0.1, 0.15) is 5.75 Å². The fraction of sp³-hybridized carbons (Fsp3) is 0.0909. The first-order valence-corrected chi connectivity index (χ1v) is 8.10. The van der Waals surface area contributed by atoms with Gasteiger partial charge in [-0.2, -0.15) is 0 Å². The van der Waals surface area contributed by atoms with Crippen LogP contribution in [-0.4, -0.2) is 17.1 Å². The number of rotatable bonds is 5. The highest BCUT2D eigenvalue weighted by atomic mass is 16.3. The summed E-state index contributed by atoms with van der Waals surface area (Å²) in [5.74, 6) is 0.0430. The third-order valence-electron chi connectivity index (χ3n) is 4.23. The molecule has 0 aliphatic heterocycles. The summed E-state index contributed by atoms with van der Waals surface area (Å²) in [5.41, 5.74) is 1.01. The average molecular weight is 329 g/mol. The molecule has 0 bridgehead atoms. The molecule has 3 aromatic carbocycles. The molecule has 25 heavy (non-hydrogen) atoms. The Hall–Kier alpha value is -3.20. The lowest BCUT2D eigenvalue weighted by atomic mass is 9.80. The van der Waals surface area contributed by atoms with E-state index in [1.54, 1.807) is 31.3 Å². The van der Waals surface area contributed by atoms with Gasteiger partial charge in [0.2, 0.25) is 0 Å². The van der Waals surface area contributed by atoms with E-state index in [2.05, 4.69) is 0 Å². The van der Waals surface area contributed by atoms with E-state index < -0.39 is 5.54 Å². The van der Waals surface area contributed by atoms with Gasteiger partial charge in [0.25, 0.3) is 0 Å². The van der Waals surface area contributed by atoms with Crippen molar-refractivity contribution in [2.45, 2.75) is 12.5 Å². The number of ketones is 1. The first kappa shape index (κ1) is 16.7. The molecule has 0 saturated carbocycles. The molecule has 0 fully saturated rings. The third kappa shape index (κ3) is 3.22. The summed E-state index contributed by atoms with van der Waals surface area (Å²) in [6.45, 7) is 1.54. The van der Waals surface area contributed by atoms with Crippen LogP contribution in [-0.2, 0) is 10.3 Å². The molecule has 3 nitrogen and oxygen atoms in total. The van der Waals surface area contributed by atoms with Gasteiger partial charge in [0.15, 0.2) is 11.3 Å². The van der Waals surface area contributed by atoms with Gasteiger partial charge in [-0.25, -0.2) is 0 Å². The van der Waals surface area contributed by atoms with Crippen LogP contribution in [0.5, 0.6) is 5.75 Å². The Balaban J connectivity index is 2.22. The molecule has 3 aromatic rings. The van der Waals surface area contributed by atoms with Gasteiger partial charge in [-0.05, 0) is 30.2 Å². The summed E-state index contributed by atoms with van der Waals surface area (Å²) in [7, 11) is 0. The average Bonchev–Trinajstić information content (AvgIpc) is 2.65. The number of aliphatic imine (C=N–C) groups is 1. The number of aromatic hydroxyl groups is 1. The van der Waals surface area contributed by atoms with Crippen molar-refractivity contribution in [3.05, 3.63) is 102 Å². The minimum atomic E-state index is -1.15. The summed E-state index contributed by atoms with van der Waals surface area (Å²) in [6.07, 6.45) is 1.57. The van der Waals surface area contributed by atoms with Gasteiger partial charge < -0.3 is 5.11 Å². The molecule has 0 aliphatic carbocycles. The first-order valence-electron chi connectivity index (χ1n) is 8.10. The lowest BCUT2D eigenvalue weighted by Crippen LogP contribution is -2.33. The normalized spacial score (nSPS) is 11.6. The van der Waals surface area contributed by atoms with Gasteiger partial charge in [0.05, 0.1) is 0 Å². The zero-order valence-electron chi connectivity index (χ0n) is 14.0. The monoisotopic (exact) mass is 329 g/mol. The molecule has 0 radical (unpaired) electrons. The van der Waals surface area contributed by atoms with Gasteiger partial charge >= 0.3 is 0 Å². The minimum absolute atomic E-state index is 0.0865. The van der Waals surface area contributed by atoms with Crippen molar-refractivity contribution >= 4 is 12.0 Å². The SMILES string of the molecule is CC(=O)C(/N=C/c1ccccc1O)(c1ccccc1)c1ccccc1. The highest BCUT2D eigenvalue weighted by molar-refractivity contribution is 5.95. The van der Waals surface area contributed by atoms with E-state index in [1.165, 1.54) is 0 Å². The molecular formula is C22H19NO2. The van der Waals surface area contributed by atoms with E-state index in [-0.39, 0.29) is 11.5 Å². The van der Waals surface area contributed by atoms with E-state index >= 15 is 0 Å². The molecule has 0 heterocycles. The zero-order chi connectivity index (χ0) is 17.7. The molecule has 0 atom stereocenters. The molecule has 0 unspecified atom stereocenters. The molecule has 0 aromatic heterocycles. The number of nitrogens with zero attached hydrogens (tertiary/aromatic N) is 1. The van der Waals surface area contributed by atoms with Crippen LogP contribution < -0.4 is 0 Å². The molecule has 0 amide bonds. The lowest BCUT2D eigenvalue weighted by Gasteiger charge is -2.28. The number of Topliss-reactive ketones (excluding diaryl/α,β-unsaturated/α-hetero) is 1. The quantitative estimate of drug-likeness (QED) is 0.708. The fourth-order valence-electron chi connectivity index (χ4n) is 2.93. The Morgan fingerprint density at radius 3 is 1.80 bits per heavy atom. The largest absolute Gasteiger partial charge is 0.507 e. The summed E-state index contributed by atoms with van der Waals surface area (Å²) < 4.78 is 0. The summed E-state index contributed by atoms with van der Waals surface area (Å²) in [4.78, 5) is 17.5. The highest BCUT2D eigenvalue weighted by Crippen LogP contribution is 2.35. The van der Waals surface area contributed by atoms with Crippen LogP contribution in [0.2, 0.25) is 0 Å². The zero-order valence-corrected chi connectivity index (χ0v) is 14.0. The number of hydrogen-bond acceptors (Lipinski definition) is 3. The van der Waals surface area contributed by atoms with Crippen LogP contribution >= 0.6 is 0 Å². The maximum Gasteiger partial charge on any atom is 0.168 e. The summed E-state index contributed by atoms with van der Waals surface area (Å²) in [5, 5.41) is 10.0. The van der Waals surface area contributed by atoms with Crippen molar-refractivity contribution < 1.29 is 9.90 Å². The van der Waals surface area contributed by atoms with Crippen molar-refractivity contribution in [2.75, 3.05) is 0 Å². The standard InChI is InChI=1S/C22H19NO2/c1-17(24)22(19-11-4-2-5-12-19,20-13-6-3-7-14-20)23-16-18-10-8-9-15-21(18)25/h2-16,25H,1H3/b23-16+. The highest BCUT2D eigenvalue weighted by Gasteiger charge is 2.38. The Kier molecular flexibility index (Phi) is 4.75. The Morgan fingerprint density at radius 1 is 0.840 bits per heavy atom. The number of para-hydroxylation sites is 1. The summed E-state index contributed by atoms with van der Waals surface area (Å²) >= 11 is 0. The second-order valence-corrected chi connectivity index (χ2v) is 5.82. The van der Waals surface area contributed by atoms with Crippen molar-refractivity contribution in [1.82, 2.24) is 0 Å². The van der Waals surface area contributed by atoms with E-state index in [9.17, 15) is 9.90 Å². The van der Waals surface area contributed by atoms with E-state index in [0.717, 1.165) is 11.1 Å². The Bertz CT molecular complexity index is 847. The molecule has 0 saturated heterocycles. The van der Waals surface area contributed by atoms with Crippen LogP contribution in [0, 0.1) is 0 Å². The van der Waals surface area contributed by atoms with Crippen LogP contribution in [0.4, 0.5) is 0 Å². The van der Waals surface area contributed by atoms with E-state index in [1.807, 2.05) is 66.7 Å². The molecular weight excluding hydrogens is 310 g/mol. The van der Waals surface area contributed by atoms with Crippen LogP contribution in [0.25, 0.3) is 0 Å². The maximum atomic E-state index is 12.8. The van der Waals surface area contributed by atoms with Crippen LogP contribution in [0.1, 0.15) is 23.6 Å². The van der Waals surface area contributed by atoms with Crippen molar-refractivity contribution in [3.63, 3.8) is 0 Å². The van der Waals surface area contributed by atoms with Gasteiger partial charge in [-0.1, -0.05) is 72.8 Å². The van der Waals surface area contributed by atoms with Crippen molar-refractivity contribution in [2.24, 2.45) is 4.99 Å². The molecule has 0 aliphatic rings. The number of carbonyl (C=O) groups excluding carboxylic acids is 1. The van der Waals surface area contributed by atoms with Crippen LogP contribution in [0.3, 0.4) is 0 Å². The molecule has 3 rings (SSSR count). The van der Waals surface area contributed by atoms with Gasteiger partial charge in [-0.3, -0.25) is 9.79 Å². The minimum Gasteiger partial charge on any atom is -0.507 e. The van der Waals surface area contributed by atoms with Crippen LogP contribution in [0.15, 0.2) is 89.9 Å². The maximum absolute atomic E-state index is 12.8. The Morgan fingerprint density at radius 2 is 1.32 bits per heavy atom. The predicted octanol–water partition coefficient (Wildman–Crippen LogP) is 4.34. The molecule has 0 spiro atoms. The molecule has 3 heteroatoms. The number of phenols is 1. The molecule has 1 N–H and O–H groups in total. The van der Waals surface area contributed by atoms with Gasteiger partial charge in [-0.15, -0.1) is 0 Å². The number of carbonyl (C=O) groups is 1. The number of benzene rings is 3. The summed E-state index contributed by atoms with van der Waals surface area (Å²) in [6, 6.07) is 25.9. The number of hydrogen-bond donors (Lipinski definition) is 1. The number of phenolic OH excluding ortho intramolecular Hbond substituents is 1. The topological polar surface area (TPSA) is 49.7 Å². The lowest BCUT2D eigenvalue weighted by molar-refractivity contribution is -0.120. The second-order valence-electron chi connectivity index (χ2n) is 5.82. The Labute approximate surface area is 147 Å². The smallest absolute Gasteiger partial charge is 0.168 e. The first-order chi connectivity index (χ1) is 12.1. The van der Waals surface area contributed by atoms with E-state index in [4.69, 9.17) is 4.99 Å². The predicted molar refractivity (Wildman–Crippen MR) is 100 cm³/mol. The van der Waals surface area contributed by atoms with Crippen molar-refractivity contribution in [3.8, 4) is 5.75 Å².